The van der Waals surface area contributed by atoms with Gasteiger partial charge in [0.1, 0.15) is 0 Å². The first-order chi connectivity index (χ1) is 7.75. The molecule has 0 aliphatic carbocycles. The van der Waals surface area contributed by atoms with E-state index in [2.05, 4.69) is 19.2 Å². The predicted octanol–water partition coefficient (Wildman–Crippen LogP) is 1.14. The van der Waals surface area contributed by atoms with E-state index in [4.69, 9.17) is 18.0 Å². The van der Waals surface area contributed by atoms with Gasteiger partial charge in [-0.05, 0) is 26.7 Å². The molecule has 100 valence electrons. The first-order valence-electron chi connectivity index (χ1n) is 6.07. The zero-order chi connectivity index (χ0) is 13.6. The van der Waals surface area contributed by atoms with Gasteiger partial charge in [0.05, 0.1) is 11.0 Å². The summed E-state index contributed by atoms with van der Waals surface area (Å²) in [7, 11) is 0. The summed E-state index contributed by atoms with van der Waals surface area (Å²) in [5, 5.41) is 2.93. The monoisotopic (exact) mass is 259 g/mol. The normalized spacial score (nSPS) is 13.2. The van der Waals surface area contributed by atoms with Crippen LogP contribution in [0.2, 0.25) is 0 Å². The molecule has 0 aromatic carbocycles. The van der Waals surface area contributed by atoms with Gasteiger partial charge in [0.25, 0.3) is 0 Å². The SMILES string of the molecule is CC(C)CNC(=O)C(C)N(CC(N)=S)C(C)C. The number of nitrogens with one attached hydrogen (secondary N) is 1. The molecule has 0 aliphatic rings. The first-order valence-corrected chi connectivity index (χ1v) is 6.48. The van der Waals surface area contributed by atoms with E-state index in [0.29, 0.717) is 24.0 Å². The molecule has 0 radical (unpaired) electrons. The van der Waals surface area contributed by atoms with Gasteiger partial charge < -0.3 is 11.1 Å². The highest BCUT2D eigenvalue weighted by Crippen LogP contribution is 2.05. The zero-order valence-electron chi connectivity index (χ0n) is 11.5. The Kier molecular flexibility index (Phi) is 7.30. The minimum Gasteiger partial charge on any atom is -0.392 e. The fourth-order valence-corrected chi connectivity index (χ4v) is 1.70. The summed E-state index contributed by atoms with van der Waals surface area (Å²) >= 11 is 4.91. The first kappa shape index (κ1) is 16.3. The highest BCUT2D eigenvalue weighted by molar-refractivity contribution is 7.80. The Morgan fingerprint density at radius 1 is 1.29 bits per heavy atom. The number of hydrogen-bond acceptors (Lipinski definition) is 3. The number of amides is 1. The Morgan fingerprint density at radius 2 is 1.82 bits per heavy atom. The van der Waals surface area contributed by atoms with Crippen molar-refractivity contribution in [2.24, 2.45) is 11.7 Å². The molecule has 0 saturated heterocycles. The Morgan fingerprint density at radius 3 is 2.18 bits per heavy atom. The van der Waals surface area contributed by atoms with Gasteiger partial charge in [-0.1, -0.05) is 26.1 Å². The fraction of sp³-hybridized carbons (Fsp3) is 0.833. The molecule has 0 heterocycles. The Labute approximate surface area is 110 Å². The molecule has 1 amide bonds. The average molecular weight is 259 g/mol. The second-order valence-corrected chi connectivity index (χ2v) is 5.57. The van der Waals surface area contributed by atoms with Crippen LogP contribution in [0, 0.1) is 5.92 Å². The van der Waals surface area contributed by atoms with Crippen molar-refractivity contribution in [3.63, 3.8) is 0 Å². The van der Waals surface area contributed by atoms with E-state index in [1.807, 2.05) is 25.7 Å². The highest BCUT2D eigenvalue weighted by Gasteiger charge is 2.23. The summed E-state index contributed by atoms with van der Waals surface area (Å²) in [6, 6.07) is 0.0200. The Hall–Kier alpha value is -0.680. The van der Waals surface area contributed by atoms with Crippen molar-refractivity contribution < 1.29 is 4.79 Å². The third-order valence-corrected chi connectivity index (χ3v) is 2.69. The number of thiocarbonyl (C=S) groups is 1. The van der Waals surface area contributed by atoms with E-state index in [9.17, 15) is 4.79 Å². The van der Waals surface area contributed by atoms with Crippen LogP contribution in [0.5, 0.6) is 0 Å². The number of hydrogen-bond donors (Lipinski definition) is 2. The van der Waals surface area contributed by atoms with Crippen LogP contribution < -0.4 is 11.1 Å². The summed E-state index contributed by atoms with van der Waals surface area (Å²) in [5.74, 6) is 0.484. The van der Waals surface area contributed by atoms with Gasteiger partial charge >= 0.3 is 0 Å². The molecule has 0 aliphatic heterocycles. The molecule has 4 nitrogen and oxygen atoms in total. The van der Waals surface area contributed by atoms with E-state index in [1.165, 1.54) is 0 Å². The predicted molar refractivity (Wildman–Crippen MR) is 75.9 cm³/mol. The lowest BCUT2D eigenvalue weighted by molar-refractivity contribution is -0.126. The van der Waals surface area contributed by atoms with Crippen molar-refractivity contribution in [2.45, 2.75) is 46.7 Å². The fourth-order valence-electron chi connectivity index (χ4n) is 1.55. The van der Waals surface area contributed by atoms with Crippen molar-refractivity contribution >= 4 is 23.1 Å². The summed E-state index contributed by atoms with van der Waals surface area (Å²) in [6.07, 6.45) is 0. The minimum atomic E-state index is -0.213. The molecule has 0 bridgehead atoms. The van der Waals surface area contributed by atoms with Crippen molar-refractivity contribution in [1.82, 2.24) is 10.2 Å². The van der Waals surface area contributed by atoms with Crippen LogP contribution in [0.3, 0.4) is 0 Å². The molecular formula is C12H25N3OS. The molecule has 1 unspecified atom stereocenters. The van der Waals surface area contributed by atoms with Crippen molar-refractivity contribution in [3.8, 4) is 0 Å². The van der Waals surface area contributed by atoms with Crippen LogP contribution in [-0.2, 0) is 4.79 Å². The number of nitrogens with two attached hydrogens (primary N) is 1. The molecule has 0 fully saturated rings. The van der Waals surface area contributed by atoms with E-state index in [0.717, 1.165) is 0 Å². The second kappa shape index (κ2) is 7.61. The maximum Gasteiger partial charge on any atom is 0.237 e. The van der Waals surface area contributed by atoms with Gasteiger partial charge in [-0.3, -0.25) is 9.69 Å². The Balaban J connectivity index is 4.44. The lowest BCUT2D eigenvalue weighted by Gasteiger charge is -2.31. The van der Waals surface area contributed by atoms with Crippen LogP contribution >= 0.6 is 12.2 Å². The van der Waals surface area contributed by atoms with Crippen LogP contribution in [0.25, 0.3) is 0 Å². The van der Waals surface area contributed by atoms with Crippen LogP contribution in [0.4, 0.5) is 0 Å². The van der Waals surface area contributed by atoms with Gasteiger partial charge in [-0.15, -0.1) is 0 Å². The summed E-state index contributed by atoms with van der Waals surface area (Å²) in [4.78, 5) is 14.4. The van der Waals surface area contributed by atoms with Gasteiger partial charge in [-0.25, -0.2) is 0 Å². The van der Waals surface area contributed by atoms with Gasteiger partial charge in [0, 0.05) is 19.1 Å². The topological polar surface area (TPSA) is 58.4 Å². The average Bonchev–Trinajstić information content (AvgIpc) is 2.20. The summed E-state index contributed by atoms with van der Waals surface area (Å²) in [5.41, 5.74) is 5.55. The maximum atomic E-state index is 11.9. The van der Waals surface area contributed by atoms with Crippen LogP contribution in [-0.4, -0.2) is 41.0 Å². The molecular weight excluding hydrogens is 234 g/mol. The Bertz CT molecular complexity index is 266. The zero-order valence-corrected chi connectivity index (χ0v) is 12.3. The number of rotatable bonds is 7. The molecule has 0 saturated carbocycles. The van der Waals surface area contributed by atoms with E-state index < -0.39 is 0 Å². The van der Waals surface area contributed by atoms with Crippen LogP contribution in [0.1, 0.15) is 34.6 Å². The lowest BCUT2D eigenvalue weighted by Crippen LogP contribution is -2.51. The molecule has 0 aromatic rings. The molecule has 3 N–H and O–H groups in total. The minimum absolute atomic E-state index is 0.0312. The smallest absolute Gasteiger partial charge is 0.237 e. The van der Waals surface area contributed by atoms with E-state index >= 15 is 0 Å². The summed E-state index contributed by atoms with van der Waals surface area (Å²) < 4.78 is 0. The standard InChI is InChI=1S/C12H25N3OS/c1-8(2)6-14-12(16)10(5)15(9(3)4)7-11(13)17/h8-10H,6-7H2,1-5H3,(H2,13,17)(H,14,16). The molecule has 0 rings (SSSR count). The van der Waals surface area contributed by atoms with E-state index in [-0.39, 0.29) is 18.0 Å². The van der Waals surface area contributed by atoms with Crippen molar-refractivity contribution in [3.05, 3.63) is 0 Å². The molecule has 1 atom stereocenters. The van der Waals surface area contributed by atoms with Gasteiger partial charge in [0.15, 0.2) is 0 Å². The highest BCUT2D eigenvalue weighted by atomic mass is 32.1. The largest absolute Gasteiger partial charge is 0.392 e. The molecule has 0 aromatic heterocycles. The lowest BCUT2D eigenvalue weighted by atomic mass is 10.2. The summed E-state index contributed by atoms with van der Waals surface area (Å²) in [6.45, 7) is 11.3. The van der Waals surface area contributed by atoms with E-state index in [1.54, 1.807) is 0 Å². The van der Waals surface area contributed by atoms with Gasteiger partial charge in [-0.2, -0.15) is 0 Å². The number of nitrogens with zero attached hydrogens (tertiary/aromatic N) is 1. The van der Waals surface area contributed by atoms with Crippen molar-refractivity contribution in [1.29, 1.82) is 0 Å². The molecule has 17 heavy (non-hydrogen) atoms. The number of carbonyl (C=O) groups excluding carboxylic acids is 1. The third-order valence-electron chi connectivity index (χ3n) is 2.56. The maximum absolute atomic E-state index is 11.9. The molecule has 5 heteroatoms. The van der Waals surface area contributed by atoms with Gasteiger partial charge in [0.2, 0.25) is 5.91 Å². The third kappa shape index (κ3) is 6.58. The second-order valence-electron chi connectivity index (χ2n) is 5.05. The molecule has 0 spiro atoms. The quantitative estimate of drug-likeness (QED) is 0.673. The van der Waals surface area contributed by atoms with Crippen molar-refractivity contribution in [2.75, 3.05) is 13.1 Å². The number of carbonyl (C=O) groups is 1. The van der Waals surface area contributed by atoms with Crippen LogP contribution in [0.15, 0.2) is 0 Å².